The molecule has 0 heterocycles. The predicted octanol–water partition coefficient (Wildman–Crippen LogP) is 3.52. The summed E-state index contributed by atoms with van der Waals surface area (Å²) in [5, 5.41) is 12.0. The Bertz CT molecular complexity index is 585. The van der Waals surface area contributed by atoms with Crippen molar-refractivity contribution < 1.29 is 0 Å². The van der Waals surface area contributed by atoms with E-state index in [1.54, 1.807) is 0 Å². The minimum Gasteiger partial charge on any atom is -0.397 e. The summed E-state index contributed by atoms with van der Waals surface area (Å²) in [6, 6.07) is 15.3. The minimum absolute atomic E-state index is 0.668. The van der Waals surface area contributed by atoms with Crippen molar-refractivity contribution in [2.75, 3.05) is 11.1 Å². The lowest BCUT2D eigenvalue weighted by Crippen LogP contribution is -2.02. The lowest BCUT2D eigenvalue weighted by atomic mass is 10.1. The maximum absolute atomic E-state index is 8.71. The third-order valence-electron chi connectivity index (χ3n) is 2.58. The zero-order valence-electron chi connectivity index (χ0n) is 9.65. The Morgan fingerprint density at radius 2 is 1.89 bits per heavy atom. The van der Waals surface area contributed by atoms with Gasteiger partial charge in [0.2, 0.25) is 0 Å². The molecule has 0 radical (unpaired) electrons. The van der Waals surface area contributed by atoms with Gasteiger partial charge in [-0.25, -0.2) is 0 Å². The van der Waals surface area contributed by atoms with Crippen molar-refractivity contribution >= 4 is 27.3 Å². The van der Waals surface area contributed by atoms with Crippen LogP contribution in [-0.2, 0) is 6.54 Å². The topological polar surface area (TPSA) is 61.8 Å². The van der Waals surface area contributed by atoms with Crippen LogP contribution in [0.4, 0.5) is 11.4 Å². The van der Waals surface area contributed by atoms with E-state index in [1.165, 1.54) is 0 Å². The zero-order valence-corrected chi connectivity index (χ0v) is 11.2. The van der Waals surface area contributed by atoms with Crippen LogP contribution in [0, 0.1) is 11.3 Å². The Morgan fingerprint density at radius 1 is 1.17 bits per heavy atom. The summed E-state index contributed by atoms with van der Waals surface area (Å²) < 4.78 is 0.962. The molecule has 0 fully saturated rings. The molecule has 0 bridgehead atoms. The first-order valence-corrected chi connectivity index (χ1v) is 6.26. The summed E-state index contributed by atoms with van der Waals surface area (Å²) in [5.74, 6) is 0. The van der Waals surface area contributed by atoms with Crippen LogP contribution in [0.1, 0.15) is 11.1 Å². The largest absolute Gasteiger partial charge is 0.397 e. The number of nitrogens with two attached hydrogens (primary N) is 1. The van der Waals surface area contributed by atoms with E-state index < -0.39 is 0 Å². The monoisotopic (exact) mass is 301 g/mol. The highest BCUT2D eigenvalue weighted by atomic mass is 79.9. The molecular formula is C14H12BrN3. The highest BCUT2D eigenvalue weighted by Gasteiger charge is 2.00. The van der Waals surface area contributed by atoms with Gasteiger partial charge in [0, 0.05) is 11.0 Å². The van der Waals surface area contributed by atoms with Crippen LogP contribution in [0.15, 0.2) is 46.9 Å². The van der Waals surface area contributed by atoms with Crippen LogP contribution in [-0.4, -0.2) is 0 Å². The average molecular weight is 302 g/mol. The fourth-order valence-electron chi connectivity index (χ4n) is 1.59. The fourth-order valence-corrected chi connectivity index (χ4v) is 1.97. The van der Waals surface area contributed by atoms with E-state index in [4.69, 9.17) is 11.0 Å². The second-order valence-electron chi connectivity index (χ2n) is 3.89. The normalized spacial score (nSPS) is 9.78. The van der Waals surface area contributed by atoms with E-state index in [1.807, 2.05) is 42.5 Å². The van der Waals surface area contributed by atoms with Gasteiger partial charge in [0.15, 0.2) is 0 Å². The Balaban J connectivity index is 2.04. The molecule has 2 aromatic rings. The van der Waals surface area contributed by atoms with E-state index in [9.17, 15) is 0 Å². The molecule has 0 aliphatic heterocycles. The number of hydrogen-bond acceptors (Lipinski definition) is 3. The second kappa shape index (κ2) is 5.56. The maximum Gasteiger partial charge on any atom is 0.0991 e. The van der Waals surface area contributed by atoms with Crippen LogP contribution in [0.3, 0.4) is 0 Å². The smallest absolute Gasteiger partial charge is 0.0991 e. The van der Waals surface area contributed by atoms with Crippen molar-refractivity contribution in [3.63, 3.8) is 0 Å². The molecule has 0 aromatic heterocycles. The van der Waals surface area contributed by atoms with Crippen LogP contribution < -0.4 is 11.1 Å². The Morgan fingerprint density at radius 3 is 2.50 bits per heavy atom. The molecule has 0 aliphatic rings. The van der Waals surface area contributed by atoms with Crippen molar-refractivity contribution in [3.05, 3.63) is 58.1 Å². The molecule has 0 unspecified atom stereocenters. The van der Waals surface area contributed by atoms with Gasteiger partial charge in [-0.1, -0.05) is 28.1 Å². The van der Waals surface area contributed by atoms with Gasteiger partial charge in [-0.3, -0.25) is 0 Å². The summed E-state index contributed by atoms with van der Waals surface area (Å²) in [4.78, 5) is 0. The van der Waals surface area contributed by atoms with Crippen LogP contribution in [0.5, 0.6) is 0 Å². The van der Waals surface area contributed by atoms with Gasteiger partial charge in [0.25, 0.3) is 0 Å². The van der Waals surface area contributed by atoms with Gasteiger partial charge in [0.05, 0.1) is 23.0 Å². The molecule has 0 amide bonds. The number of nitrogens with zero attached hydrogens (tertiary/aromatic N) is 1. The SMILES string of the molecule is N#Cc1ccc(CNc2ccc(Br)cc2N)cc1. The lowest BCUT2D eigenvalue weighted by Gasteiger charge is -2.09. The number of nitrogens with one attached hydrogen (secondary N) is 1. The predicted molar refractivity (Wildman–Crippen MR) is 77.0 cm³/mol. The van der Waals surface area contributed by atoms with E-state index in [0.29, 0.717) is 17.8 Å². The van der Waals surface area contributed by atoms with Gasteiger partial charge in [-0.05, 0) is 35.9 Å². The molecule has 3 N–H and O–H groups in total. The average Bonchev–Trinajstić information content (AvgIpc) is 2.38. The van der Waals surface area contributed by atoms with Crippen LogP contribution in [0.25, 0.3) is 0 Å². The molecule has 0 saturated heterocycles. The molecule has 0 spiro atoms. The van der Waals surface area contributed by atoms with Crippen LogP contribution in [0.2, 0.25) is 0 Å². The minimum atomic E-state index is 0.668. The van der Waals surface area contributed by atoms with Crippen molar-refractivity contribution in [1.29, 1.82) is 5.26 Å². The van der Waals surface area contributed by atoms with Gasteiger partial charge in [-0.2, -0.15) is 5.26 Å². The number of nitriles is 1. The molecule has 0 saturated carbocycles. The first kappa shape index (κ1) is 12.5. The summed E-state index contributed by atoms with van der Waals surface area (Å²) in [6.45, 7) is 0.678. The number of benzene rings is 2. The standard InChI is InChI=1S/C14H12BrN3/c15-12-5-6-14(13(17)7-12)18-9-11-3-1-10(8-16)2-4-11/h1-7,18H,9,17H2. The number of rotatable bonds is 3. The molecule has 0 atom stereocenters. The number of nitrogen functional groups attached to an aromatic ring is 1. The Kier molecular flexibility index (Phi) is 3.85. The Hall–Kier alpha value is -1.99. The quantitative estimate of drug-likeness (QED) is 0.853. The fraction of sp³-hybridized carbons (Fsp3) is 0.0714. The molecule has 2 rings (SSSR count). The van der Waals surface area contributed by atoms with Crippen molar-refractivity contribution in [2.24, 2.45) is 0 Å². The van der Waals surface area contributed by atoms with E-state index in [-0.39, 0.29) is 0 Å². The molecule has 3 nitrogen and oxygen atoms in total. The third kappa shape index (κ3) is 3.02. The van der Waals surface area contributed by atoms with E-state index in [2.05, 4.69) is 27.3 Å². The molecule has 2 aromatic carbocycles. The van der Waals surface area contributed by atoms with E-state index >= 15 is 0 Å². The zero-order chi connectivity index (χ0) is 13.0. The summed E-state index contributed by atoms with van der Waals surface area (Å²) in [6.07, 6.45) is 0. The summed E-state index contributed by atoms with van der Waals surface area (Å²) in [5.41, 5.74) is 9.28. The first-order valence-electron chi connectivity index (χ1n) is 5.47. The molecule has 90 valence electrons. The van der Waals surface area contributed by atoms with E-state index in [0.717, 1.165) is 15.7 Å². The van der Waals surface area contributed by atoms with Crippen molar-refractivity contribution in [1.82, 2.24) is 0 Å². The third-order valence-corrected chi connectivity index (χ3v) is 3.07. The van der Waals surface area contributed by atoms with Crippen molar-refractivity contribution in [2.45, 2.75) is 6.54 Å². The summed E-state index contributed by atoms with van der Waals surface area (Å²) in [7, 11) is 0. The first-order chi connectivity index (χ1) is 8.69. The highest BCUT2D eigenvalue weighted by molar-refractivity contribution is 9.10. The Labute approximate surface area is 114 Å². The van der Waals surface area contributed by atoms with Gasteiger partial charge in [0.1, 0.15) is 0 Å². The molecule has 0 aliphatic carbocycles. The van der Waals surface area contributed by atoms with Crippen molar-refractivity contribution in [3.8, 4) is 6.07 Å². The van der Waals surface area contributed by atoms with Gasteiger partial charge < -0.3 is 11.1 Å². The maximum atomic E-state index is 8.71. The lowest BCUT2D eigenvalue weighted by molar-refractivity contribution is 1.15. The second-order valence-corrected chi connectivity index (χ2v) is 4.81. The number of halogens is 1. The number of hydrogen-bond donors (Lipinski definition) is 2. The number of anilines is 2. The molecular weight excluding hydrogens is 290 g/mol. The van der Waals surface area contributed by atoms with Gasteiger partial charge in [-0.15, -0.1) is 0 Å². The summed E-state index contributed by atoms with van der Waals surface area (Å²) >= 11 is 3.37. The molecule has 4 heteroatoms. The van der Waals surface area contributed by atoms with Gasteiger partial charge >= 0.3 is 0 Å². The molecule has 18 heavy (non-hydrogen) atoms. The van der Waals surface area contributed by atoms with Crippen LogP contribution >= 0.6 is 15.9 Å². The highest BCUT2D eigenvalue weighted by Crippen LogP contribution is 2.23.